The molecule has 0 radical (unpaired) electrons. The molecule has 3 N–H and O–H groups in total. The number of benzene rings is 3. The van der Waals surface area contributed by atoms with Crippen LogP contribution in [0.5, 0.6) is 6.01 Å². The summed E-state index contributed by atoms with van der Waals surface area (Å²) < 4.78 is 45.1. The number of ether oxygens (including phenoxy) is 1. The minimum atomic E-state index is -4.51. The van der Waals surface area contributed by atoms with Crippen molar-refractivity contribution in [2.24, 2.45) is 10.8 Å². The quantitative estimate of drug-likeness (QED) is 0.277. The van der Waals surface area contributed by atoms with E-state index in [-0.39, 0.29) is 42.0 Å². The predicted octanol–water partition coefficient (Wildman–Crippen LogP) is 4.95. The van der Waals surface area contributed by atoms with Gasteiger partial charge in [-0.1, -0.05) is 66.2 Å². The maximum absolute atomic E-state index is 13.2. The summed E-state index contributed by atoms with van der Waals surface area (Å²) in [5.74, 6) is -1.58. The van der Waals surface area contributed by atoms with E-state index >= 15 is 0 Å². The van der Waals surface area contributed by atoms with Gasteiger partial charge in [0.05, 0.1) is 24.4 Å². The van der Waals surface area contributed by atoms with E-state index < -0.39 is 30.1 Å². The second-order valence-corrected chi connectivity index (χ2v) is 10.00. The highest BCUT2D eigenvalue weighted by Crippen LogP contribution is 2.34. The molecule has 1 unspecified atom stereocenters. The van der Waals surface area contributed by atoms with Crippen LogP contribution in [0.3, 0.4) is 0 Å². The molecule has 5 rings (SSSR count). The van der Waals surface area contributed by atoms with Crippen LogP contribution in [0.15, 0.2) is 90.2 Å². The van der Waals surface area contributed by atoms with Gasteiger partial charge in [0.2, 0.25) is 5.91 Å². The number of carbonyl (C=O) groups excluding carboxylic acids is 2. The number of nitrogens with one attached hydrogen (secondary N) is 1. The second kappa shape index (κ2) is 12.5. The molecule has 9 nitrogen and oxygen atoms in total. The molecule has 43 heavy (non-hydrogen) atoms. The third-order valence-electron chi connectivity index (χ3n) is 6.54. The topological polar surface area (TPSA) is 123 Å². The predicted molar refractivity (Wildman–Crippen MR) is 154 cm³/mol. The van der Waals surface area contributed by atoms with Crippen molar-refractivity contribution in [2.45, 2.75) is 18.7 Å². The summed E-state index contributed by atoms with van der Waals surface area (Å²) >= 11 is 6.11. The number of nitrogens with zero attached hydrogens (tertiary/aromatic N) is 4. The Labute approximate surface area is 249 Å². The minimum absolute atomic E-state index is 0.0133. The van der Waals surface area contributed by atoms with E-state index in [0.717, 1.165) is 23.3 Å². The summed E-state index contributed by atoms with van der Waals surface area (Å²) in [6.07, 6.45) is -3.31. The molecule has 1 aliphatic rings. The lowest BCUT2D eigenvalue weighted by Gasteiger charge is -2.19. The van der Waals surface area contributed by atoms with Crippen molar-refractivity contribution < 1.29 is 27.5 Å². The first-order valence-electron chi connectivity index (χ1n) is 13.0. The van der Waals surface area contributed by atoms with Crippen LogP contribution < -0.4 is 20.8 Å². The molecule has 2 heterocycles. The highest BCUT2D eigenvalue weighted by atomic mass is 35.5. The van der Waals surface area contributed by atoms with Gasteiger partial charge in [-0.2, -0.15) is 23.3 Å². The van der Waals surface area contributed by atoms with Crippen LogP contribution in [-0.2, 0) is 17.6 Å². The number of hydrogen-bond acceptors (Lipinski definition) is 7. The maximum atomic E-state index is 13.2. The first-order chi connectivity index (χ1) is 20.6. The monoisotopic (exact) mass is 608 g/mol. The summed E-state index contributed by atoms with van der Waals surface area (Å²) in [5.41, 5.74) is 7.07. The van der Waals surface area contributed by atoms with Crippen molar-refractivity contribution in [1.82, 2.24) is 15.3 Å². The van der Waals surface area contributed by atoms with Crippen molar-refractivity contribution >= 4 is 34.9 Å². The highest BCUT2D eigenvalue weighted by Gasteiger charge is 2.33. The van der Waals surface area contributed by atoms with Crippen LogP contribution >= 0.6 is 11.6 Å². The number of alkyl halides is 3. The number of rotatable bonds is 9. The van der Waals surface area contributed by atoms with E-state index in [1.807, 2.05) is 42.5 Å². The third kappa shape index (κ3) is 7.09. The Kier molecular flexibility index (Phi) is 8.58. The number of amides is 2. The Hall–Kier alpha value is -4.97. The van der Waals surface area contributed by atoms with Crippen molar-refractivity contribution in [3.63, 3.8) is 0 Å². The van der Waals surface area contributed by atoms with E-state index in [0.29, 0.717) is 10.7 Å². The van der Waals surface area contributed by atoms with Crippen LogP contribution in [-0.4, -0.2) is 40.6 Å². The number of aromatic nitrogens is 2. The zero-order valence-corrected chi connectivity index (χ0v) is 23.1. The molecular formula is C30H24ClF3N6O3. The number of nitrogens with two attached hydrogens (primary N) is 1. The molecule has 0 fully saturated rings. The zero-order valence-electron chi connectivity index (χ0n) is 22.4. The fraction of sp³-hybridized carbons (Fsp3) is 0.167. The number of hydrogen-bond donors (Lipinski definition) is 2. The Morgan fingerprint density at radius 2 is 1.79 bits per heavy atom. The third-order valence-corrected chi connectivity index (χ3v) is 6.79. The summed E-state index contributed by atoms with van der Waals surface area (Å²) in [6, 6.07) is 21.3. The van der Waals surface area contributed by atoms with Gasteiger partial charge in [-0.3, -0.25) is 9.59 Å². The van der Waals surface area contributed by atoms with E-state index in [4.69, 9.17) is 27.2 Å². The number of carbonyl (C=O) groups is 2. The molecule has 0 aliphatic carbocycles. The lowest BCUT2D eigenvalue weighted by molar-refractivity contribution is -0.137. The normalized spacial score (nSPS) is 14.7. The van der Waals surface area contributed by atoms with Crippen LogP contribution in [0, 0.1) is 0 Å². The average molecular weight is 609 g/mol. The Morgan fingerprint density at radius 3 is 2.49 bits per heavy atom. The minimum Gasteiger partial charge on any atom is -0.459 e. The van der Waals surface area contributed by atoms with Gasteiger partial charge in [-0.05, 0) is 41.0 Å². The maximum Gasteiger partial charge on any atom is 0.416 e. The zero-order chi connectivity index (χ0) is 30.6. The van der Waals surface area contributed by atoms with Gasteiger partial charge >= 0.3 is 12.2 Å². The molecule has 3 aromatic carbocycles. The van der Waals surface area contributed by atoms with E-state index in [2.05, 4.69) is 15.3 Å². The smallest absolute Gasteiger partial charge is 0.416 e. The highest BCUT2D eigenvalue weighted by molar-refractivity contribution is 6.30. The molecule has 0 bridgehead atoms. The Balaban J connectivity index is 1.51. The van der Waals surface area contributed by atoms with E-state index in [9.17, 15) is 22.8 Å². The van der Waals surface area contributed by atoms with Gasteiger partial charge in [0.1, 0.15) is 12.2 Å². The summed E-state index contributed by atoms with van der Waals surface area (Å²) in [7, 11) is 0. The largest absolute Gasteiger partial charge is 0.459 e. The van der Waals surface area contributed by atoms with Crippen LogP contribution in [0.4, 0.5) is 19.0 Å². The second-order valence-electron chi connectivity index (χ2n) is 9.56. The standard InChI is InChI=1S/C30H24ClF3N6O3/c31-22-11-9-20(10-12-22)26-24(19-6-2-1-3-7-19)16-40(39-26)27-23(28(42)36-15-25(35)41)14-37-29(38-27)43-17-18-5-4-8-21(13-18)30(32,33)34/h1-14,24H,15-17H2,(H2,35,41)(H,36,42). The van der Waals surface area contributed by atoms with Gasteiger partial charge < -0.3 is 15.8 Å². The Bertz CT molecular complexity index is 1670. The molecule has 0 spiro atoms. The molecule has 1 aromatic heterocycles. The van der Waals surface area contributed by atoms with Gasteiger partial charge in [-0.15, -0.1) is 0 Å². The van der Waals surface area contributed by atoms with Gasteiger partial charge in [0, 0.05) is 17.1 Å². The van der Waals surface area contributed by atoms with Crippen LogP contribution in [0.1, 0.15) is 38.5 Å². The van der Waals surface area contributed by atoms with Gasteiger partial charge in [-0.25, -0.2) is 9.99 Å². The Morgan fingerprint density at radius 1 is 1.05 bits per heavy atom. The van der Waals surface area contributed by atoms with Crippen LogP contribution in [0.25, 0.3) is 0 Å². The van der Waals surface area contributed by atoms with Gasteiger partial charge in [0.25, 0.3) is 5.91 Å². The summed E-state index contributed by atoms with van der Waals surface area (Å²) in [5, 5.41) is 9.32. The lowest BCUT2D eigenvalue weighted by Crippen LogP contribution is -2.34. The molecule has 13 heteroatoms. The number of hydrazone groups is 1. The van der Waals surface area contributed by atoms with E-state index in [1.54, 1.807) is 12.1 Å². The molecule has 0 saturated carbocycles. The van der Waals surface area contributed by atoms with Crippen molar-refractivity contribution in [2.75, 3.05) is 18.1 Å². The fourth-order valence-electron chi connectivity index (χ4n) is 4.49. The van der Waals surface area contributed by atoms with E-state index in [1.165, 1.54) is 23.3 Å². The molecule has 1 atom stereocenters. The lowest BCUT2D eigenvalue weighted by atomic mass is 9.91. The summed E-state index contributed by atoms with van der Waals surface area (Å²) in [4.78, 5) is 32.9. The van der Waals surface area contributed by atoms with Crippen LogP contribution in [0.2, 0.25) is 5.02 Å². The SMILES string of the molecule is NC(=O)CNC(=O)c1cnc(OCc2cccc(C(F)(F)F)c2)nc1N1CC(c2ccccc2)C(c2ccc(Cl)cc2)=N1. The molecule has 2 amide bonds. The number of primary amides is 1. The molecule has 1 aliphatic heterocycles. The fourth-order valence-corrected chi connectivity index (χ4v) is 4.62. The van der Waals surface area contributed by atoms with Crippen molar-refractivity contribution in [1.29, 1.82) is 0 Å². The number of anilines is 1. The van der Waals surface area contributed by atoms with Gasteiger partial charge in [0.15, 0.2) is 5.82 Å². The van der Waals surface area contributed by atoms with Crippen molar-refractivity contribution in [3.05, 3.63) is 118 Å². The van der Waals surface area contributed by atoms with Crippen molar-refractivity contribution in [3.8, 4) is 6.01 Å². The summed E-state index contributed by atoms with van der Waals surface area (Å²) in [6.45, 7) is -0.400. The molecular weight excluding hydrogens is 585 g/mol. The number of halogens is 4. The molecule has 4 aromatic rings. The first-order valence-corrected chi connectivity index (χ1v) is 13.4. The molecule has 0 saturated heterocycles. The molecule has 220 valence electrons. The average Bonchev–Trinajstić information content (AvgIpc) is 3.45. The first kappa shape index (κ1) is 29.5.